The first-order chi connectivity index (χ1) is 32.0. The third-order valence-electron chi connectivity index (χ3n) is 12.1. The average Bonchev–Trinajstić information content (AvgIpc) is 3.29. The maximum absolute atomic E-state index is 14.4. The monoisotopic (exact) mass is 1040 g/mol. The molecule has 0 radical (unpaired) electrons. The summed E-state index contributed by atoms with van der Waals surface area (Å²) >= 11 is 13.8. The number of hydrogen-bond donors (Lipinski definition) is 2. The number of sulfonamides is 1. The second-order valence-corrected chi connectivity index (χ2v) is 22.5. The number of aromatic nitrogens is 2. The number of benzene rings is 4. The van der Waals surface area contributed by atoms with Crippen LogP contribution < -0.4 is 10.0 Å². The fourth-order valence-electron chi connectivity index (χ4n) is 8.47. The number of likely N-dealkylation sites (tertiary alicyclic amines) is 1. The van der Waals surface area contributed by atoms with Crippen LogP contribution in [0.1, 0.15) is 54.9 Å². The van der Waals surface area contributed by atoms with E-state index in [1.54, 1.807) is 38.4 Å². The van der Waals surface area contributed by atoms with E-state index in [0.29, 0.717) is 66.4 Å². The minimum absolute atomic E-state index is 0.0270. The van der Waals surface area contributed by atoms with Gasteiger partial charge in [0.15, 0.2) is 0 Å². The summed E-state index contributed by atoms with van der Waals surface area (Å²) in [7, 11) is -7.69. The minimum Gasteiger partial charge on any atom is -0.380 e. The zero-order valence-corrected chi connectivity index (χ0v) is 41.0. The van der Waals surface area contributed by atoms with Crippen LogP contribution in [0, 0.1) is 0 Å². The molecule has 0 aliphatic carbocycles. The molecule has 22 heteroatoms. The normalized spacial score (nSPS) is 16.6. The summed E-state index contributed by atoms with van der Waals surface area (Å²) in [4.78, 5) is 12.0. The Morgan fingerprint density at radius 3 is 2.21 bits per heavy atom. The van der Waals surface area contributed by atoms with Crippen LogP contribution in [0.2, 0.25) is 10.0 Å². The number of halogens is 8. The van der Waals surface area contributed by atoms with Crippen LogP contribution in [0.5, 0.6) is 0 Å². The van der Waals surface area contributed by atoms with Crippen molar-refractivity contribution in [1.82, 2.24) is 24.7 Å². The van der Waals surface area contributed by atoms with E-state index in [2.05, 4.69) is 39.2 Å². The molecule has 2 N–H and O–H groups in total. The predicted molar refractivity (Wildman–Crippen MR) is 254 cm³/mol. The van der Waals surface area contributed by atoms with Crippen molar-refractivity contribution >= 4 is 66.3 Å². The molecule has 2 unspecified atom stereocenters. The lowest BCUT2D eigenvalue weighted by molar-refractivity contribution is -0.145. The molecule has 0 bridgehead atoms. The summed E-state index contributed by atoms with van der Waals surface area (Å²) in [6.07, 6.45) is -3.33. The highest BCUT2D eigenvalue weighted by molar-refractivity contribution is 7.99. The Kier molecular flexibility index (Phi) is 16.0. The number of alkyl halides is 6. The van der Waals surface area contributed by atoms with E-state index in [9.17, 15) is 43.2 Å². The van der Waals surface area contributed by atoms with Crippen LogP contribution >= 0.6 is 35.0 Å². The molecular formula is C46H49Cl2F6N7O4S3. The van der Waals surface area contributed by atoms with Gasteiger partial charge in [0.05, 0.1) is 21.3 Å². The number of nitrogens with one attached hydrogen (secondary N) is 2. The van der Waals surface area contributed by atoms with Crippen molar-refractivity contribution in [3.05, 3.63) is 124 Å². The highest BCUT2D eigenvalue weighted by Gasteiger charge is 2.49. The van der Waals surface area contributed by atoms with Gasteiger partial charge >= 0.3 is 11.7 Å². The number of sulfone groups is 1. The van der Waals surface area contributed by atoms with E-state index in [0.717, 1.165) is 28.8 Å². The number of piperidine rings is 1. The molecule has 1 saturated heterocycles. The van der Waals surface area contributed by atoms with Gasteiger partial charge in [-0.2, -0.15) is 26.3 Å². The highest BCUT2D eigenvalue weighted by Crippen LogP contribution is 2.40. The molecule has 7 rings (SSSR count). The summed E-state index contributed by atoms with van der Waals surface area (Å²) < 4.78 is 142. The number of nitrogens with zero attached hydrogens (tertiary/aromatic N) is 5. The van der Waals surface area contributed by atoms with Crippen molar-refractivity contribution in [1.29, 1.82) is 0 Å². The summed E-state index contributed by atoms with van der Waals surface area (Å²) in [5.74, 6) is -2.09. The summed E-state index contributed by atoms with van der Waals surface area (Å²) in [6.45, 7) is 4.26. The van der Waals surface area contributed by atoms with E-state index < -0.39 is 64.7 Å². The largest absolute Gasteiger partial charge is 0.501 e. The van der Waals surface area contributed by atoms with Crippen molar-refractivity contribution in [3.8, 4) is 11.1 Å². The SMILES string of the molecule is CC(c1ccccc1-c1ccc(Cl)cc1)N1CCC(N2CCc3c(nc(C(F)(F)F)nc3NS(=O)(=O)c3ccc(NC(CCN(C)C)CSc4ccccc4Cl)c(S(=O)(=O)C(F)(F)F)c3)C2)CC1. The standard InChI is InChI=1S/C46H49Cl2F6N7O4S3/c1-29(35-8-4-5-9-36(35)30-12-14-31(47)15-13-30)60-23-19-33(20-24-60)61-25-21-37-40(27-61)56-44(45(49,50)51)57-43(37)58-68(64,65)34-16-17-39(42(26-34)67(62,63)46(52,53)54)55-32(18-22-59(2)3)28-66-41-11-7-6-10-38(41)48/h4-17,26,29,32-33,55H,18-25,27-28H2,1-3H3,(H,56,57,58). The third kappa shape index (κ3) is 12.1. The molecule has 1 fully saturated rings. The topological polar surface area (TPSA) is 128 Å². The Labute approximate surface area is 406 Å². The van der Waals surface area contributed by atoms with E-state index in [4.69, 9.17) is 23.2 Å². The number of anilines is 2. The summed E-state index contributed by atoms with van der Waals surface area (Å²) in [5.41, 5.74) is -3.08. The maximum Gasteiger partial charge on any atom is 0.501 e. The van der Waals surface area contributed by atoms with Gasteiger partial charge in [0.1, 0.15) is 10.7 Å². The van der Waals surface area contributed by atoms with Crippen molar-refractivity contribution < 1.29 is 43.2 Å². The van der Waals surface area contributed by atoms with Gasteiger partial charge in [-0.05, 0) is 112 Å². The van der Waals surface area contributed by atoms with Crippen LogP contribution in [0.15, 0.2) is 106 Å². The van der Waals surface area contributed by atoms with Gasteiger partial charge in [0, 0.05) is 65.5 Å². The van der Waals surface area contributed by atoms with Gasteiger partial charge < -0.3 is 10.2 Å². The number of hydrogen-bond acceptors (Lipinski definition) is 11. The van der Waals surface area contributed by atoms with Crippen molar-refractivity contribution in [3.63, 3.8) is 0 Å². The zero-order chi connectivity index (χ0) is 49.2. The van der Waals surface area contributed by atoms with E-state index in [1.807, 2.05) is 50.9 Å². The molecule has 68 heavy (non-hydrogen) atoms. The molecule has 3 heterocycles. The average molecular weight is 1050 g/mol. The highest BCUT2D eigenvalue weighted by atomic mass is 35.5. The predicted octanol–water partition coefficient (Wildman–Crippen LogP) is 10.7. The van der Waals surface area contributed by atoms with Crippen LogP contribution in [-0.2, 0) is 39.0 Å². The van der Waals surface area contributed by atoms with E-state index in [-0.39, 0.29) is 42.1 Å². The summed E-state index contributed by atoms with van der Waals surface area (Å²) in [6, 6.07) is 24.2. The molecule has 2 aliphatic rings. The minimum atomic E-state index is -6.19. The number of fused-ring (bicyclic) bond motifs is 1. The molecule has 2 atom stereocenters. The van der Waals surface area contributed by atoms with Gasteiger partial charge in [-0.15, -0.1) is 11.8 Å². The Morgan fingerprint density at radius 2 is 1.54 bits per heavy atom. The first-order valence-corrected chi connectivity index (χ1v) is 26.3. The van der Waals surface area contributed by atoms with Gasteiger partial charge in [-0.3, -0.25) is 14.5 Å². The molecule has 11 nitrogen and oxygen atoms in total. The molecule has 5 aromatic rings. The Bertz CT molecular complexity index is 2820. The zero-order valence-electron chi connectivity index (χ0n) is 37.1. The third-order valence-corrected chi connectivity index (χ3v) is 16.9. The fourth-order valence-corrected chi connectivity index (χ4v) is 12.0. The van der Waals surface area contributed by atoms with Crippen LogP contribution in [0.3, 0.4) is 0 Å². The van der Waals surface area contributed by atoms with Crippen molar-refractivity contribution in [2.45, 2.75) is 83.6 Å². The van der Waals surface area contributed by atoms with Crippen LogP contribution in [-0.4, -0.2) is 105 Å². The Hall–Kier alpha value is -4.15. The Balaban J connectivity index is 1.12. The van der Waals surface area contributed by atoms with Gasteiger partial charge in [0.25, 0.3) is 19.9 Å². The molecule has 1 aromatic heterocycles. The van der Waals surface area contributed by atoms with Crippen LogP contribution in [0.4, 0.5) is 37.8 Å². The Morgan fingerprint density at radius 1 is 0.868 bits per heavy atom. The molecule has 0 spiro atoms. The van der Waals surface area contributed by atoms with E-state index >= 15 is 0 Å². The molecule has 0 saturated carbocycles. The lowest BCUT2D eigenvalue weighted by Crippen LogP contribution is -2.47. The van der Waals surface area contributed by atoms with E-state index in [1.165, 1.54) is 11.8 Å². The van der Waals surface area contributed by atoms with Gasteiger partial charge in [0.2, 0.25) is 5.82 Å². The van der Waals surface area contributed by atoms with Gasteiger partial charge in [-0.25, -0.2) is 26.8 Å². The first-order valence-electron chi connectivity index (χ1n) is 21.6. The van der Waals surface area contributed by atoms with Gasteiger partial charge in [-0.1, -0.05) is 71.7 Å². The second-order valence-electron chi connectivity index (χ2n) is 17.0. The van der Waals surface area contributed by atoms with Crippen molar-refractivity contribution in [2.24, 2.45) is 0 Å². The number of thioether (sulfide) groups is 1. The molecule has 4 aromatic carbocycles. The van der Waals surface area contributed by atoms with Crippen molar-refractivity contribution in [2.75, 3.05) is 56.1 Å². The molecule has 366 valence electrons. The summed E-state index contributed by atoms with van der Waals surface area (Å²) in [5, 5.41) is 3.95. The maximum atomic E-state index is 14.4. The first kappa shape index (κ1) is 51.7. The van der Waals surface area contributed by atoms with Crippen LogP contribution in [0.25, 0.3) is 11.1 Å². The fraction of sp³-hybridized carbons (Fsp3) is 0.391. The lowest BCUT2D eigenvalue weighted by Gasteiger charge is -2.42. The second kappa shape index (κ2) is 21.1. The lowest BCUT2D eigenvalue weighted by atomic mass is 9.92. The number of rotatable bonds is 16. The molecular weight excluding hydrogens is 996 g/mol. The quantitative estimate of drug-likeness (QED) is 0.0724. The molecule has 0 amide bonds. The smallest absolute Gasteiger partial charge is 0.380 e. The molecule has 2 aliphatic heterocycles.